The lowest BCUT2D eigenvalue weighted by molar-refractivity contribution is -0.0764. The van der Waals surface area contributed by atoms with Gasteiger partial charge in [0.05, 0.1) is 64.6 Å². The highest BCUT2D eigenvalue weighted by atomic mass is 32.1. The van der Waals surface area contributed by atoms with E-state index in [1.165, 1.54) is 48.5 Å². The maximum absolute atomic E-state index is 13.1. The zero-order chi connectivity index (χ0) is 96.5. The number of rotatable bonds is 26. The summed E-state index contributed by atoms with van der Waals surface area (Å²) >= 11 is 3.39. The lowest BCUT2D eigenvalue weighted by Gasteiger charge is -2.47. The lowest BCUT2D eigenvalue weighted by atomic mass is 9.83. The predicted molar refractivity (Wildman–Crippen MR) is 545 cm³/mol. The maximum Gasteiger partial charge on any atom is 0.415 e. The third kappa shape index (κ3) is 27.3. The topological polar surface area (TPSA) is 236 Å². The van der Waals surface area contributed by atoms with Crippen molar-refractivity contribution < 1.29 is 70.4 Å². The number of fused-ring (bicyclic) bond motifs is 17. The molecule has 0 spiro atoms. The van der Waals surface area contributed by atoms with Gasteiger partial charge in [-0.15, -0.1) is 29.3 Å². The fourth-order valence-corrected chi connectivity index (χ4v) is 23.8. The van der Waals surface area contributed by atoms with Crippen LogP contribution in [0, 0.1) is 23.7 Å². The number of ether oxygens (including phenoxy) is 6. The third-order valence-electron chi connectivity index (χ3n) is 30.6. The van der Waals surface area contributed by atoms with Crippen LogP contribution >= 0.6 is 22.7 Å². The van der Waals surface area contributed by atoms with Gasteiger partial charge in [-0.05, 0) is 247 Å². The van der Waals surface area contributed by atoms with E-state index in [0.717, 1.165) is 234 Å². The molecule has 27 nitrogen and oxygen atoms in total. The Labute approximate surface area is 837 Å². The molecule has 0 unspecified atom stereocenters. The Hall–Kier alpha value is -11.5. The molecular weight excluding hydrogens is 1820 g/mol. The summed E-state index contributed by atoms with van der Waals surface area (Å²) in [5, 5.41) is 4.11. The van der Waals surface area contributed by atoms with Crippen LogP contribution in [0.15, 0.2) is 268 Å². The summed E-state index contributed by atoms with van der Waals surface area (Å²) in [4.78, 5) is 104. The van der Waals surface area contributed by atoms with Crippen molar-refractivity contribution >= 4 is 76.3 Å². The van der Waals surface area contributed by atoms with E-state index in [2.05, 4.69) is 53.5 Å². The van der Waals surface area contributed by atoms with E-state index in [9.17, 15) is 28.8 Å². The molecule has 18 fully saturated rings. The predicted octanol–water partition coefficient (Wildman–Crippen LogP) is 21.1. The molecule has 141 heavy (non-hydrogen) atoms. The minimum absolute atomic E-state index is 0.00260. The second-order valence-electron chi connectivity index (χ2n) is 39.9. The summed E-state index contributed by atoms with van der Waals surface area (Å²) in [5.41, 5.74) is 4.21. The van der Waals surface area contributed by atoms with Crippen LogP contribution in [-0.4, -0.2) is 247 Å². The Balaban J connectivity index is 0.000000112. The van der Waals surface area contributed by atoms with Gasteiger partial charge < -0.3 is 51.5 Å². The largest absolute Gasteiger partial charge is 0.467 e. The van der Waals surface area contributed by atoms with Gasteiger partial charge in [0, 0.05) is 137 Å². The number of nitrogens with zero attached hydrogens (tertiary/aromatic N) is 12. The van der Waals surface area contributed by atoms with Crippen LogP contribution in [0.5, 0.6) is 0 Å². The van der Waals surface area contributed by atoms with Gasteiger partial charge in [-0.25, -0.2) is 28.8 Å². The first-order chi connectivity index (χ1) is 69.1. The summed E-state index contributed by atoms with van der Waals surface area (Å²) in [5.74, 6) is 4.32. The molecule has 17 saturated heterocycles. The van der Waals surface area contributed by atoms with Gasteiger partial charge in [0.15, 0.2) is 0 Å². The Bertz CT molecular complexity index is 5400. The Morgan fingerprint density at radius 3 is 1.04 bits per heavy atom. The van der Waals surface area contributed by atoms with Crippen molar-refractivity contribution in [2.24, 2.45) is 23.7 Å². The molecule has 6 amide bonds. The SMILES string of the molecule is C=CCN(Cc1cccs1)C(=O)O[C@H]1CN2CCC1CC2.O=C(OC12CCN(CC1)C2)N(Cc1ccccc1)c1ccccc1.O=C(OC12CCN(CC1)CC2)N(Cc1ccccc1)c1ccccc1.O=C(O[C@H]1CN2CCC1CC2)N(Cc1ccco1)Cc1ccco1.O=C(O[C@H]1CN2CCC1CC2)N(Cc1ccco1)c1ccccc1.O=C(O[C@H]1CN2CCC1CC2)N(Cc1cccs1)C1CCCC1. The highest BCUT2D eigenvalue weighted by molar-refractivity contribution is 7.10. The van der Waals surface area contributed by atoms with E-state index < -0.39 is 0 Å². The molecule has 12 bridgehead atoms. The van der Waals surface area contributed by atoms with Gasteiger partial charge >= 0.3 is 36.6 Å². The molecule has 1 saturated carbocycles. The molecule has 0 N–H and O–H groups in total. The molecule has 5 aromatic carbocycles. The molecule has 29 heteroatoms. The normalized spacial score (nSPS) is 26.3. The van der Waals surface area contributed by atoms with Gasteiger partial charge in [-0.3, -0.25) is 49.0 Å². The van der Waals surface area contributed by atoms with E-state index >= 15 is 0 Å². The standard InChI is InChI=1S/C21H24N2O2.C20H22N2O2.C19H22N2O3.C18H22N2O4.C18H26N2O2S.C16H22N2O2S/c24-20(25-21-11-14-22(15-12-21)16-13-21)23(19-9-5-2-6-10-19)17-18-7-3-1-4-8-18;23-19(24-20-11-13-21(16-20)14-12-20)22(18-9-5-2-6-10-18)15-17-7-3-1-4-8-17;22-19(24-18-14-20-10-8-15(18)9-11-20)21(13-17-7-4-12-23-17)16-5-2-1-3-6-16;21-18(24-17-13-19-7-5-14(17)6-8-19)20(11-15-3-1-9-22-15)12-16-4-2-10-23-16;21-18(22-17-13-19-9-7-14(17)8-10-19)20(15-4-1-2-5-15)12-16-6-3-11-23-16;1-2-7-18(11-14-4-3-10-21-14)16(19)20-15-12-17-8-5-13(15)6-9-17/h1-10H,11-17H2;1-10H,11-16H2;1-7,12,15,18H,8-11,13-14H2;1-4,9-10,14,17H,5-8,11-13H2;3,6,11,14-15,17H,1-2,4-5,7-10,12-13H2;2-4,10,13,15H,1,5-9,11-12H2/t;;18-;2*17-;15-/m..0000/s1. The molecule has 748 valence electrons. The third-order valence-corrected chi connectivity index (χ3v) is 32.3. The Morgan fingerprint density at radius 2 is 0.681 bits per heavy atom. The van der Waals surface area contributed by atoms with E-state index in [-0.39, 0.29) is 72.2 Å². The monoisotopic (exact) mass is 1950 g/mol. The lowest BCUT2D eigenvalue weighted by Crippen LogP contribution is -2.55. The molecule has 5 aromatic heterocycles. The van der Waals surface area contributed by atoms with Crippen LogP contribution in [0.2, 0.25) is 0 Å². The summed E-state index contributed by atoms with van der Waals surface area (Å²) < 4.78 is 51.9. The number of thiophene rings is 2. The van der Waals surface area contributed by atoms with Crippen LogP contribution in [0.1, 0.15) is 147 Å². The van der Waals surface area contributed by atoms with E-state index in [1.54, 1.807) is 72.0 Å². The van der Waals surface area contributed by atoms with Crippen molar-refractivity contribution in [3.05, 3.63) is 293 Å². The molecule has 28 rings (SSSR count). The number of amides is 6. The van der Waals surface area contributed by atoms with Crippen molar-refractivity contribution in [1.82, 2.24) is 44.1 Å². The van der Waals surface area contributed by atoms with Crippen LogP contribution < -0.4 is 14.7 Å². The van der Waals surface area contributed by atoms with E-state index in [4.69, 9.17) is 41.7 Å². The van der Waals surface area contributed by atoms with Crippen LogP contribution in [0.25, 0.3) is 0 Å². The molecular formula is C112H138N12O15S2. The summed E-state index contributed by atoms with van der Waals surface area (Å²) in [6, 6.07) is 69.0. The van der Waals surface area contributed by atoms with Crippen LogP contribution in [-0.2, 0) is 74.2 Å². The van der Waals surface area contributed by atoms with Crippen molar-refractivity contribution in [2.45, 2.75) is 197 Å². The number of hydrogen-bond acceptors (Lipinski definition) is 23. The zero-order valence-electron chi connectivity index (χ0n) is 81.3. The average molecular weight is 1960 g/mol. The quantitative estimate of drug-likeness (QED) is 0.0362. The van der Waals surface area contributed by atoms with Crippen LogP contribution in [0.3, 0.4) is 0 Å². The second-order valence-corrected chi connectivity index (χ2v) is 42.0. The summed E-state index contributed by atoms with van der Waals surface area (Å²) in [7, 11) is 0. The van der Waals surface area contributed by atoms with E-state index in [0.29, 0.717) is 82.1 Å². The molecule has 18 aliphatic rings. The number of furan rings is 3. The highest BCUT2D eigenvalue weighted by Gasteiger charge is 2.49. The molecule has 17 aliphatic heterocycles. The number of anilines is 3. The maximum atomic E-state index is 13.1. The van der Waals surface area contributed by atoms with Gasteiger partial charge in [-0.2, -0.15) is 0 Å². The van der Waals surface area contributed by atoms with Gasteiger partial charge in [0.25, 0.3) is 0 Å². The van der Waals surface area contributed by atoms with Crippen molar-refractivity contribution in [1.29, 1.82) is 0 Å². The molecule has 1 aliphatic carbocycles. The highest BCUT2D eigenvalue weighted by Crippen LogP contribution is 2.41. The number of benzene rings is 5. The Kier molecular flexibility index (Phi) is 34.6. The number of carbonyl (C=O) groups excluding carboxylic acids is 6. The first-order valence-electron chi connectivity index (χ1n) is 51.3. The van der Waals surface area contributed by atoms with Gasteiger partial charge in [-0.1, -0.05) is 146 Å². The van der Waals surface area contributed by atoms with Crippen molar-refractivity contribution in [3.63, 3.8) is 0 Å². The average Bonchev–Trinajstić information content (AvgIpc) is 1.69. The van der Waals surface area contributed by atoms with Crippen LogP contribution in [0.4, 0.5) is 45.8 Å². The zero-order valence-corrected chi connectivity index (χ0v) is 82.9. The molecule has 0 radical (unpaired) electrons. The fourth-order valence-electron chi connectivity index (χ4n) is 22.4. The number of piperidine rings is 16. The number of carbonyl (C=O) groups is 6. The fraction of sp³-hybridized carbons (Fsp3) is 0.482. The first kappa shape index (κ1) is 99.6. The summed E-state index contributed by atoms with van der Waals surface area (Å²) in [6.07, 6.45) is 24.1. The van der Waals surface area contributed by atoms with E-state index in [1.807, 2.05) is 210 Å². The smallest absolute Gasteiger partial charge is 0.415 e. The number of hydrogen-bond donors (Lipinski definition) is 0. The second kappa shape index (κ2) is 49.0. The Morgan fingerprint density at radius 1 is 0.333 bits per heavy atom. The summed E-state index contributed by atoms with van der Waals surface area (Å²) in [6.45, 7) is 26.5. The van der Waals surface area contributed by atoms with Crippen molar-refractivity contribution in [3.8, 4) is 0 Å². The molecule has 10 aromatic rings. The van der Waals surface area contributed by atoms with Gasteiger partial charge in [0.1, 0.15) is 52.9 Å². The van der Waals surface area contributed by atoms with Gasteiger partial charge in [0.2, 0.25) is 0 Å². The van der Waals surface area contributed by atoms with Crippen molar-refractivity contribution in [2.75, 3.05) is 139 Å². The molecule has 4 atom stereocenters. The molecule has 22 heterocycles. The first-order valence-corrected chi connectivity index (χ1v) is 53.0. The number of para-hydroxylation sites is 3. The minimum Gasteiger partial charge on any atom is -0.467 e. The minimum atomic E-state index is -0.304.